The molecule has 1 saturated heterocycles. The minimum absolute atomic E-state index is 0.228. The molecule has 1 fully saturated rings. The first kappa shape index (κ1) is 14.5. The number of hydrogen-bond donors (Lipinski definition) is 0. The van der Waals surface area contributed by atoms with Crippen LogP contribution < -0.4 is 0 Å². The Kier molecular flexibility index (Phi) is 5.46. The second kappa shape index (κ2) is 6.40. The Morgan fingerprint density at radius 3 is 2.59 bits per heavy atom. The molecule has 1 rings (SSSR count). The van der Waals surface area contributed by atoms with Crippen molar-refractivity contribution in [2.24, 2.45) is 17.3 Å². The smallest absolute Gasteiger partial charge is 0.0627 e. The van der Waals surface area contributed by atoms with E-state index in [0.29, 0.717) is 18.4 Å². The van der Waals surface area contributed by atoms with Gasteiger partial charge in [-0.1, -0.05) is 34.1 Å². The summed E-state index contributed by atoms with van der Waals surface area (Å²) in [6, 6.07) is 2.41. The molecule has 17 heavy (non-hydrogen) atoms. The summed E-state index contributed by atoms with van der Waals surface area (Å²) in [4.78, 5) is 0. The lowest BCUT2D eigenvalue weighted by molar-refractivity contribution is -0.0721. The molecule has 0 aliphatic carbocycles. The summed E-state index contributed by atoms with van der Waals surface area (Å²) >= 11 is 0. The molecule has 0 N–H and O–H groups in total. The Balaban J connectivity index is 2.66. The van der Waals surface area contributed by atoms with Gasteiger partial charge in [0, 0.05) is 13.0 Å². The third-order valence-corrected chi connectivity index (χ3v) is 4.05. The van der Waals surface area contributed by atoms with Crippen molar-refractivity contribution in [2.45, 2.75) is 65.9 Å². The number of nitriles is 1. The maximum Gasteiger partial charge on any atom is 0.0627 e. The van der Waals surface area contributed by atoms with Crippen molar-refractivity contribution >= 4 is 0 Å². The van der Waals surface area contributed by atoms with Gasteiger partial charge in [-0.2, -0.15) is 5.26 Å². The van der Waals surface area contributed by atoms with Crippen molar-refractivity contribution in [3.05, 3.63) is 0 Å². The quantitative estimate of drug-likeness (QED) is 0.719. The zero-order valence-electron chi connectivity index (χ0n) is 11.8. The predicted molar refractivity (Wildman–Crippen MR) is 70.5 cm³/mol. The lowest BCUT2D eigenvalue weighted by atomic mass is 9.70. The van der Waals surface area contributed by atoms with Crippen molar-refractivity contribution in [3.63, 3.8) is 0 Å². The van der Waals surface area contributed by atoms with Crippen LogP contribution in [0.25, 0.3) is 0 Å². The van der Waals surface area contributed by atoms with E-state index in [4.69, 9.17) is 10.00 Å². The Bertz CT molecular complexity index is 267. The molecule has 2 atom stereocenters. The van der Waals surface area contributed by atoms with Crippen LogP contribution >= 0.6 is 0 Å². The van der Waals surface area contributed by atoms with Gasteiger partial charge in [-0.3, -0.25) is 0 Å². The molecule has 0 bridgehead atoms. The average Bonchev–Trinajstić information content (AvgIpc) is 2.27. The first-order chi connectivity index (χ1) is 7.99. The topological polar surface area (TPSA) is 33.0 Å². The molecule has 0 amide bonds. The Hall–Kier alpha value is -0.550. The van der Waals surface area contributed by atoms with Crippen LogP contribution in [0.3, 0.4) is 0 Å². The molecule has 1 aliphatic rings. The van der Waals surface area contributed by atoms with Crippen LogP contribution in [-0.2, 0) is 4.74 Å². The lowest BCUT2D eigenvalue weighted by Gasteiger charge is -2.41. The van der Waals surface area contributed by atoms with Crippen molar-refractivity contribution in [3.8, 4) is 6.07 Å². The molecule has 2 nitrogen and oxygen atoms in total. The van der Waals surface area contributed by atoms with Gasteiger partial charge < -0.3 is 4.74 Å². The fraction of sp³-hybridized carbons (Fsp3) is 0.933. The van der Waals surface area contributed by atoms with E-state index in [2.05, 4.69) is 33.8 Å². The van der Waals surface area contributed by atoms with Gasteiger partial charge in [0.05, 0.1) is 12.2 Å². The van der Waals surface area contributed by atoms with E-state index in [1.807, 2.05) is 0 Å². The normalized spacial score (nSPS) is 29.6. The molecule has 0 aromatic heterocycles. The summed E-state index contributed by atoms with van der Waals surface area (Å²) in [5.41, 5.74) is 0.228. The monoisotopic (exact) mass is 237 g/mol. The average molecular weight is 237 g/mol. The molecule has 0 spiro atoms. The van der Waals surface area contributed by atoms with Crippen molar-refractivity contribution in [1.29, 1.82) is 5.26 Å². The van der Waals surface area contributed by atoms with Crippen molar-refractivity contribution in [2.75, 3.05) is 6.61 Å². The molecule has 0 saturated carbocycles. The van der Waals surface area contributed by atoms with E-state index in [1.54, 1.807) is 0 Å². The van der Waals surface area contributed by atoms with Crippen molar-refractivity contribution < 1.29 is 4.74 Å². The molecule has 0 aromatic carbocycles. The van der Waals surface area contributed by atoms with Crippen LogP contribution in [0.1, 0.15) is 59.8 Å². The van der Waals surface area contributed by atoms with Gasteiger partial charge in [0.25, 0.3) is 0 Å². The third kappa shape index (κ3) is 4.32. The van der Waals surface area contributed by atoms with Gasteiger partial charge in [-0.15, -0.1) is 0 Å². The largest absolute Gasteiger partial charge is 0.378 e. The second-order valence-electron chi connectivity index (χ2n) is 6.37. The minimum atomic E-state index is 0.228. The maximum atomic E-state index is 9.08. The molecule has 0 aromatic rings. The van der Waals surface area contributed by atoms with Crippen LogP contribution in [0.2, 0.25) is 0 Å². The number of ether oxygens (including phenoxy) is 1. The van der Waals surface area contributed by atoms with E-state index in [1.165, 1.54) is 12.8 Å². The van der Waals surface area contributed by atoms with Gasteiger partial charge in [0.1, 0.15) is 0 Å². The zero-order valence-corrected chi connectivity index (χ0v) is 11.8. The van der Waals surface area contributed by atoms with E-state index in [0.717, 1.165) is 25.4 Å². The molecule has 0 radical (unpaired) electrons. The van der Waals surface area contributed by atoms with E-state index < -0.39 is 0 Å². The highest BCUT2D eigenvalue weighted by atomic mass is 16.5. The molecule has 98 valence electrons. The van der Waals surface area contributed by atoms with E-state index in [-0.39, 0.29) is 5.41 Å². The highest BCUT2D eigenvalue weighted by Crippen LogP contribution is 2.43. The van der Waals surface area contributed by atoms with Crippen LogP contribution in [0, 0.1) is 28.6 Å². The van der Waals surface area contributed by atoms with Gasteiger partial charge in [-0.25, -0.2) is 0 Å². The summed E-state index contributed by atoms with van der Waals surface area (Å²) in [7, 11) is 0. The third-order valence-electron chi connectivity index (χ3n) is 4.05. The standard InChI is InChI=1S/C15H27NO/c1-12(2)5-6-15(7-9-16)8-10-17-14(11-15)13(3)4/h12-14H,5-8,10-11H2,1-4H3. The summed E-state index contributed by atoms with van der Waals surface area (Å²) in [6.45, 7) is 9.80. The fourth-order valence-corrected chi connectivity index (χ4v) is 2.68. The zero-order chi connectivity index (χ0) is 12.9. The first-order valence-electron chi connectivity index (χ1n) is 6.97. The second-order valence-corrected chi connectivity index (χ2v) is 6.37. The van der Waals surface area contributed by atoms with Crippen LogP contribution in [-0.4, -0.2) is 12.7 Å². The molecule has 2 heteroatoms. The maximum absolute atomic E-state index is 9.08. The summed E-state index contributed by atoms with van der Waals surface area (Å²) in [6.07, 6.45) is 5.61. The van der Waals surface area contributed by atoms with Gasteiger partial charge in [0.2, 0.25) is 0 Å². The molecular weight excluding hydrogens is 210 g/mol. The predicted octanol–water partition coefficient (Wildman–Crippen LogP) is 4.16. The van der Waals surface area contributed by atoms with Gasteiger partial charge in [0.15, 0.2) is 0 Å². The Labute approximate surface area is 106 Å². The van der Waals surface area contributed by atoms with Crippen LogP contribution in [0.4, 0.5) is 0 Å². The molecule has 1 heterocycles. The van der Waals surface area contributed by atoms with Gasteiger partial charge >= 0.3 is 0 Å². The minimum Gasteiger partial charge on any atom is -0.378 e. The molecule has 2 unspecified atom stereocenters. The highest BCUT2D eigenvalue weighted by molar-refractivity contribution is 4.93. The number of rotatable bonds is 5. The Morgan fingerprint density at radius 1 is 1.35 bits per heavy atom. The lowest BCUT2D eigenvalue weighted by Crippen LogP contribution is -2.38. The van der Waals surface area contributed by atoms with Crippen LogP contribution in [0.15, 0.2) is 0 Å². The van der Waals surface area contributed by atoms with E-state index >= 15 is 0 Å². The summed E-state index contributed by atoms with van der Waals surface area (Å²) in [5.74, 6) is 1.29. The SMILES string of the molecule is CC(C)CCC1(CC#N)CCOC(C(C)C)C1. The number of nitrogens with zero attached hydrogens (tertiary/aromatic N) is 1. The number of hydrogen-bond acceptors (Lipinski definition) is 2. The van der Waals surface area contributed by atoms with E-state index in [9.17, 15) is 0 Å². The van der Waals surface area contributed by atoms with Crippen LogP contribution in [0.5, 0.6) is 0 Å². The Morgan fingerprint density at radius 2 is 2.06 bits per heavy atom. The molecule has 1 aliphatic heterocycles. The van der Waals surface area contributed by atoms with Crippen molar-refractivity contribution in [1.82, 2.24) is 0 Å². The highest BCUT2D eigenvalue weighted by Gasteiger charge is 2.37. The van der Waals surface area contributed by atoms with Gasteiger partial charge in [-0.05, 0) is 36.5 Å². The summed E-state index contributed by atoms with van der Waals surface area (Å²) in [5, 5.41) is 9.08. The first-order valence-corrected chi connectivity index (χ1v) is 6.97. The summed E-state index contributed by atoms with van der Waals surface area (Å²) < 4.78 is 5.84. The fourth-order valence-electron chi connectivity index (χ4n) is 2.68. The molecular formula is C15H27NO.